The fourth-order valence-corrected chi connectivity index (χ4v) is 2.57. The summed E-state index contributed by atoms with van der Waals surface area (Å²) in [6.07, 6.45) is 2.43. The number of amides is 1. The van der Waals surface area contributed by atoms with E-state index >= 15 is 0 Å². The molecule has 0 radical (unpaired) electrons. The number of aromatic carboxylic acids is 1. The third-order valence-corrected chi connectivity index (χ3v) is 4.27. The number of aromatic nitrogens is 2. The fraction of sp³-hybridized carbons (Fsp3) is 0.200. The first kappa shape index (κ1) is 22.2. The van der Waals surface area contributed by atoms with Crippen molar-refractivity contribution in [2.75, 3.05) is 0 Å². The van der Waals surface area contributed by atoms with Crippen molar-refractivity contribution < 1.29 is 28.8 Å². The van der Waals surface area contributed by atoms with E-state index in [-0.39, 0.29) is 36.9 Å². The number of hydrazone groups is 1. The normalized spacial score (nSPS) is 11.2. The molecule has 1 amide bonds. The molecule has 0 bridgehead atoms. The van der Waals surface area contributed by atoms with Crippen LogP contribution in [-0.4, -0.2) is 37.4 Å². The predicted molar refractivity (Wildman–Crippen MR) is 110 cm³/mol. The molecule has 12 nitrogen and oxygen atoms in total. The highest BCUT2D eigenvalue weighted by Gasteiger charge is 2.11. The molecular formula is C20H19N5O7. The van der Waals surface area contributed by atoms with Crippen LogP contribution in [0.25, 0.3) is 0 Å². The average molecular weight is 441 g/mol. The van der Waals surface area contributed by atoms with Crippen molar-refractivity contribution in [1.29, 1.82) is 0 Å². The lowest BCUT2D eigenvalue weighted by Gasteiger charge is -2.06. The molecule has 1 aromatic carbocycles. The van der Waals surface area contributed by atoms with Gasteiger partial charge < -0.3 is 14.3 Å². The van der Waals surface area contributed by atoms with Gasteiger partial charge in [0, 0.05) is 6.42 Å². The summed E-state index contributed by atoms with van der Waals surface area (Å²) in [4.78, 5) is 32.8. The topological polar surface area (TPSA) is 162 Å². The van der Waals surface area contributed by atoms with E-state index in [0.717, 1.165) is 11.8 Å². The van der Waals surface area contributed by atoms with E-state index in [4.69, 9.17) is 14.3 Å². The molecule has 2 N–H and O–H groups in total. The Morgan fingerprint density at radius 1 is 1.28 bits per heavy atom. The number of carboxylic acid groups (broad SMARTS) is 1. The summed E-state index contributed by atoms with van der Waals surface area (Å²) in [6.45, 7) is 1.99. The highest BCUT2D eigenvalue weighted by Crippen LogP contribution is 2.16. The molecule has 0 spiro atoms. The van der Waals surface area contributed by atoms with E-state index in [1.807, 2.05) is 0 Å². The van der Waals surface area contributed by atoms with Gasteiger partial charge in [0.25, 0.3) is 0 Å². The van der Waals surface area contributed by atoms with Gasteiger partial charge in [0.15, 0.2) is 0 Å². The van der Waals surface area contributed by atoms with Gasteiger partial charge in [-0.2, -0.15) is 10.2 Å². The number of nitrogens with zero attached hydrogens (tertiary/aromatic N) is 4. The smallest absolute Gasteiger partial charge is 0.371 e. The van der Waals surface area contributed by atoms with Crippen molar-refractivity contribution in [1.82, 2.24) is 15.2 Å². The van der Waals surface area contributed by atoms with E-state index in [1.165, 1.54) is 23.0 Å². The largest absolute Gasteiger partial charge is 0.486 e. The Kier molecular flexibility index (Phi) is 6.95. The minimum atomic E-state index is -1.15. The lowest BCUT2D eigenvalue weighted by molar-refractivity contribution is -0.385. The van der Waals surface area contributed by atoms with Crippen molar-refractivity contribution in [2.24, 2.45) is 5.10 Å². The lowest BCUT2D eigenvalue weighted by atomic mass is 10.1. The Morgan fingerprint density at radius 3 is 2.66 bits per heavy atom. The van der Waals surface area contributed by atoms with Gasteiger partial charge in [-0.3, -0.25) is 19.6 Å². The number of nitrogens with one attached hydrogen (secondary N) is 1. The van der Waals surface area contributed by atoms with E-state index < -0.39 is 10.9 Å². The zero-order chi connectivity index (χ0) is 23.1. The summed E-state index contributed by atoms with van der Waals surface area (Å²) in [5, 5.41) is 27.4. The van der Waals surface area contributed by atoms with Crippen LogP contribution >= 0.6 is 0 Å². The molecule has 2 aromatic heterocycles. The van der Waals surface area contributed by atoms with Gasteiger partial charge in [-0.1, -0.05) is 0 Å². The van der Waals surface area contributed by atoms with Gasteiger partial charge in [-0.15, -0.1) is 0 Å². The maximum Gasteiger partial charge on any atom is 0.371 e. The zero-order valence-corrected chi connectivity index (χ0v) is 16.9. The van der Waals surface area contributed by atoms with Gasteiger partial charge in [-0.05, 0) is 48.9 Å². The number of benzene rings is 1. The number of aryl methyl sites for hydroxylation is 1. The molecule has 0 aliphatic carbocycles. The number of nitro groups is 1. The number of furan rings is 1. The second kappa shape index (κ2) is 10.0. The molecule has 0 unspecified atom stereocenters. The van der Waals surface area contributed by atoms with Gasteiger partial charge in [0.1, 0.15) is 30.5 Å². The van der Waals surface area contributed by atoms with Crippen LogP contribution in [0.3, 0.4) is 0 Å². The van der Waals surface area contributed by atoms with Crippen LogP contribution in [-0.2, 0) is 17.9 Å². The predicted octanol–water partition coefficient (Wildman–Crippen LogP) is 2.59. The lowest BCUT2D eigenvalue weighted by Crippen LogP contribution is -2.20. The van der Waals surface area contributed by atoms with Crippen molar-refractivity contribution in [3.8, 4) is 5.75 Å². The van der Waals surface area contributed by atoms with Crippen LogP contribution in [0.15, 0.2) is 58.3 Å². The molecule has 32 heavy (non-hydrogen) atoms. The number of hydrogen-bond acceptors (Lipinski definition) is 8. The number of ether oxygens (including phenoxy) is 1. The van der Waals surface area contributed by atoms with Crippen molar-refractivity contribution >= 4 is 23.3 Å². The van der Waals surface area contributed by atoms with E-state index in [9.17, 15) is 19.7 Å². The minimum absolute atomic E-state index is 0.0543. The van der Waals surface area contributed by atoms with Gasteiger partial charge in [0.05, 0.1) is 17.2 Å². The molecule has 0 fully saturated rings. The number of rotatable bonds is 10. The summed E-state index contributed by atoms with van der Waals surface area (Å²) < 4.78 is 12.0. The van der Waals surface area contributed by atoms with E-state index in [1.54, 1.807) is 31.2 Å². The highest BCUT2D eigenvalue weighted by atomic mass is 16.6. The Hall–Kier alpha value is -4.48. The van der Waals surface area contributed by atoms with Crippen molar-refractivity contribution in [3.05, 3.63) is 76.0 Å². The third-order valence-electron chi connectivity index (χ3n) is 4.27. The number of hydrogen-bond donors (Lipinski definition) is 2. The number of carbonyl (C=O) groups excluding carboxylic acids is 1. The van der Waals surface area contributed by atoms with Crippen LogP contribution in [0.4, 0.5) is 5.69 Å². The first-order valence-corrected chi connectivity index (χ1v) is 9.37. The SMILES string of the molecule is C/C(=N/NC(=O)CCn1cc([N+](=O)[O-])cn1)c1ccc(OCc2ccc(C(=O)O)o2)cc1. The molecule has 0 aliphatic rings. The number of carbonyl (C=O) groups is 2. The van der Waals surface area contributed by atoms with E-state index in [2.05, 4.69) is 15.6 Å². The summed E-state index contributed by atoms with van der Waals surface area (Å²) in [6, 6.07) is 9.83. The molecule has 0 saturated carbocycles. The number of carboxylic acids is 1. The highest BCUT2D eigenvalue weighted by molar-refractivity contribution is 5.99. The van der Waals surface area contributed by atoms with Crippen LogP contribution in [0.1, 0.15) is 35.2 Å². The molecule has 166 valence electrons. The second-order valence-electron chi connectivity index (χ2n) is 6.59. The average Bonchev–Trinajstić information content (AvgIpc) is 3.45. The van der Waals surface area contributed by atoms with Crippen LogP contribution in [0, 0.1) is 10.1 Å². The molecule has 0 atom stereocenters. The quantitative estimate of drug-likeness (QED) is 0.275. The molecular weight excluding hydrogens is 422 g/mol. The van der Waals surface area contributed by atoms with Crippen LogP contribution in [0.2, 0.25) is 0 Å². The summed E-state index contributed by atoms with van der Waals surface area (Å²) in [5.41, 5.74) is 3.62. The first-order valence-electron chi connectivity index (χ1n) is 9.37. The molecule has 0 saturated heterocycles. The Bertz CT molecular complexity index is 1150. The Balaban J connectivity index is 1.47. The zero-order valence-electron chi connectivity index (χ0n) is 16.9. The molecule has 0 aliphatic heterocycles. The maximum atomic E-state index is 12.0. The molecule has 3 rings (SSSR count). The van der Waals surface area contributed by atoms with Crippen molar-refractivity contribution in [3.63, 3.8) is 0 Å². The maximum absolute atomic E-state index is 12.0. The van der Waals surface area contributed by atoms with Crippen molar-refractivity contribution in [2.45, 2.75) is 26.5 Å². The second-order valence-corrected chi connectivity index (χ2v) is 6.59. The standard InChI is InChI=1S/C20H19N5O7/c1-13(22-23-19(26)8-9-24-11-15(10-21-24)25(29)30)14-2-4-16(5-3-14)31-12-17-6-7-18(32-17)20(27)28/h2-7,10-11H,8-9,12H2,1H3,(H,23,26)(H,27,28)/b22-13-. The summed E-state index contributed by atoms with van der Waals surface area (Å²) in [5.74, 6) is -0.725. The molecule has 2 heterocycles. The third kappa shape index (κ3) is 6.01. The van der Waals surface area contributed by atoms with Gasteiger partial charge >= 0.3 is 11.7 Å². The molecule has 3 aromatic rings. The van der Waals surface area contributed by atoms with Crippen LogP contribution in [0.5, 0.6) is 5.75 Å². The fourth-order valence-electron chi connectivity index (χ4n) is 2.57. The summed E-state index contributed by atoms with van der Waals surface area (Å²) in [7, 11) is 0. The monoisotopic (exact) mass is 441 g/mol. The minimum Gasteiger partial charge on any atom is -0.486 e. The Morgan fingerprint density at radius 2 is 2.03 bits per heavy atom. The van der Waals surface area contributed by atoms with Gasteiger partial charge in [-0.25, -0.2) is 10.2 Å². The Labute approximate surface area is 181 Å². The van der Waals surface area contributed by atoms with Crippen LogP contribution < -0.4 is 10.2 Å². The first-order chi connectivity index (χ1) is 15.3. The molecule has 12 heteroatoms. The van der Waals surface area contributed by atoms with Gasteiger partial charge in [0.2, 0.25) is 11.7 Å². The summed E-state index contributed by atoms with van der Waals surface area (Å²) >= 11 is 0. The van der Waals surface area contributed by atoms with E-state index in [0.29, 0.717) is 17.2 Å².